The molecular weight excluding hydrogens is 294 g/mol. The Hall–Kier alpha value is -2.60. The molecule has 2 aromatic heterocycles. The van der Waals surface area contributed by atoms with Gasteiger partial charge in [-0.05, 0) is 68.4 Å². The average Bonchev–Trinajstić information content (AvgIpc) is 2.99. The Morgan fingerprint density at radius 2 is 1.92 bits per heavy atom. The largest absolute Gasteiger partial charge is 0.302 e. The minimum atomic E-state index is -0.201. The van der Waals surface area contributed by atoms with Crippen LogP contribution in [0, 0.1) is 18.3 Å². The third kappa shape index (κ3) is 2.39. The number of aromatic nitrogens is 2. The standard InChI is InChI=1S/C21H21N3/c1-14-7-10-19-23-20(21(15(2)12-22)24(19)13-14)18-9-8-16-5-3-4-6-17(16)11-18/h7-11,13,15H,3-6H2,1-2H3. The van der Waals surface area contributed by atoms with Crippen LogP contribution in [0.2, 0.25) is 0 Å². The van der Waals surface area contributed by atoms with Crippen LogP contribution in [0.15, 0.2) is 36.5 Å². The maximum Gasteiger partial charge on any atom is 0.137 e. The summed E-state index contributed by atoms with van der Waals surface area (Å²) in [5.74, 6) is -0.201. The first-order chi connectivity index (χ1) is 11.7. The van der Waals surface area contributed by atoms with E-state index >= 15 is 0 Å². The van der Waals surface area contributed by atoms with Gasteiger partial charge in [0.15, 0.2) is 0 Å². The number of fused-ring (bicyclic) bond motifs is 2. The van der Waals surface area contributed by atoms with Crippen LogP contribution < -0.4 is 0 Å². The van der Waals surface area contributed by atoms with E-state index in [2.05, 4.69) is 47.9 Å². The molecule has 0 bridgehead atoms. The van der Waals surface area contributed by atoms with Gasteiger partial charge in [-0.3, -0.25) is 0 Å². The molecule has 2 heterocycles. The first-order valence-corrected chi connectivity index (χ1v) is 8.68. The average molecular weight is 315 g/mol. The Morgan fingerprint density at radius 1 is 1.12 bits per heavy atom. The summed E-state index contributed by atoms with van der Waals surface area (Å²) in [5, 5.41) is 9.51. The molecule has 3 aromatic rings. The summed E-state index contributed by atoms with van der Waals surface area (Å²) >= 11 is 0. The molecule has 3 nitrogen and oxygen atoms in total. The molecule has 1 unspecified atom stereocenters. The lowest BCUT2D eigenvalue weighted by molar-refractivity contribution is 0.686. The van der Waals surface area contributed by atoms with Crippen LogP contribution in [0.5, 0.6) is 0 Å². The van der Waals surface area contributed by atoms with Gasteiger partial charge in [0.1, 0.15) is 5.65 Å². The third-order valence-electron chi connectivity index (χ3n) is 5.03. The quantitative estimate of drug-likeness (QED) is 0.680. The minimum absolute atomic E-state index is 0.201. The molecule has 0 amide bonds. The summed E-state index contributed by atoms with van der Waals surface area (Å²) in [6, 6.07) is 13.2. The highest BCUT2D eigenvalue weighted by Gasteiger charge is 2.20. The molecule has 0 saturated carbocycles. The topological polar surface area (TPSA) is 41.1 Å². The van der Waals surface area contributed by atoms with Gasteiger partial charge in [0.25, 0.3) is 0 Å². The van der Waals surface area contributed by atoms with Crippen LogP contribution in [0.1, 0.15) is 48.1 Å². The zero-order valence-electron chi connectivity index (χ0n) is 14.2. The normalized spacial score (nSPS) is 15.0. The van der Waals surface area contributed by atoms with Crippen molar-refractivity contribution >= 4 is 5.65 Å². The van der Waals surface area contributed by atoms with E-state index < -0.39 is 0 Å². The van der Waals surface area contributed by atoms with Gasteiger partial charge in [-0.1, -0.05) is 18.2 Å². The molecule has 1 aliphatic rings. The van der Waals surface area contributed by atoms with Crippen molar-refractivity contribution in [2.75, 3.05) is 0 Å². The highest BCUT2D eigenvalue weighted by molar-refractivity contribution is 5.69. The Labute approximate surface area is 142 Å². The molecule has 24 heavy (non-hydrogen) atoms. The lowest BCUT2D eigenvalue weighted by Gasteiger charge is -2.16. The Morgan fingerprint density at radius 3 is 2.71 bits per heavy atom. The van der Waals surface area contributed by atoms with Crippen molar-refractivity contribution in [2.45, 2.75) is 45.4 Å². The van der Waals surface area contributed by atoms with Crippen molar-refractivity contribution in [3.8, 4) is 17.3 Å². The van der Waals surface area contributed by atoms with Crippen LogP contribution in [0.3, 0.4) is 0 Å². The molecular formula is C21H21N3. The van der Waals surface area contributed by atoms with E-state index in [1.807, 2.05) is 13.0 Å². The van der Waals surface area contributed by atoms with Crippen LogP contribution in [0.25, 0.3) is 16.9 Å². The van der Waals surface area contributed by atoms with E-state index in [1.54, 1.807) is 0 Å². The van der Waals surface area contributed by atoms with E-state index in [9.17, 15) is 5.26 Å². The van der Waals surface area contributed by atoms with Crippen LogP contribution in [-0.2, 0) is 12.8 Å². The SMILES string of the molecule is Cc1ccc2nc(-c3ccc4c(c3)CCCC4)c(C(C)C#N)n2c1. The first-order valence-electron chi connectivity index (χ1n) is 8.68. The van der Waals surface area contributed by atoms with Gasteiger partial charge in [-0.15, -0.1) is 0 Å². The summed E-state index contributed by atoms with van der Waals surface area (Å²) < 4.78 is 2.08. The molecule has 1 aliphatic carbocycles. The van der Waals surface area contributed by atoms with Gasteiger partial charge in [0.05, 0.1) is 23.4 Å². The van der Waals surface area contributed by atoms with E-state index in [1.165, 1.54) is 36.0 Å². The van der Waals surface area contributed by atoms with Crippen LogP contribution in [0.4, 0.5) is 0 Å². The van der Waals surface area contributed by atoms with Gasteiger partial charge in [-0.25, -0.2) is 4.98 Å². The molecule has 0 aliphatic heterocycles. The molecule has 3 heteroatoms. The summed E-state index contributed by atoms with van der Waals surface area (Å²) in [6.07, 6.45) is 6.96. The molecule has 0 spiro atoms. The van der Waals surface area contributed by atoms with E-state index in [0.717, 1.165) is 29.0 Å². The van der Waals surface area contributed by atoms with Crippen LogP contribution >= 0.6 is 0 Å². The number of pyridine rings is 1. The number of nitriles is 1. The Balaban J connectivity index is 1.94. The van der Waals surface area contributed by atoms with Gasteiger partial charge >= 0.3 is 0 Å². The predicted molar refractivity (Wildman–Crippen MR) is 96.0 cm³/mol. The van der Waals surface area contributed by atoms with Gasteiger partial charge in [0.2, 0.25) is 0 Å². The second-order valence-electron chi connectivity index (χ2n) is 6.82. The summed E-state index contributed by atoms with van der Waals surface area (Å²) in [5.41, 5.74) is 8.07. The fraction of sp³-hybridized carbons (Fsp3) is 0.333. The van der Waals surface area contributed by atoms with Crippen molar-refractivity contribution in [3.63, 3.8) is 0 Å². The number of hydrogen-bond acceptors (Lipinski definition) is 2. The summed E-state index contributed by atoms with van der Waals surface area (Å²) in [6.45, 7) is 4.02. The lowest BCUT2D eigenvalue weighted by Crippen LogP contribution is -2.03. The van der Waals surface area contributed by atoms with E-state index in [4.69, 9.17) is 4.98 Å². The van der Waals surface area contributed by atoms with Crippen molar-refractivity contribution in [1.82, 2.24) is 9.38 Å². The second kappa shape index (κ2) is 5.79. The lowest BCUT2D eigenvalue weighted by atomic mass is 9.89. The fourth-order valence-corrected chi connectivity index (χ4v) is 3.74. The van der Waals surface area contributed by atoms with Gasteiger partial charge in [-0.2, -0.15) is 5.26 Å². The Bertz CT molecular complexity index is 959. The van der Waals surface area contributed by atoms with Crippen molar-refractivity contribution in [1.29, 1.82) is 5.26 Å². The number of hydrogen-bond donors (Lipinski definition) is 0. The van der Waals surface area contributed by atoms with Crippen molar-refractivity contribution in [2.24, 2.45) is 0 Å². The number of imidazole rings is 1. The smallest absolute Gasteiger partial charge is 0.137 e. The summed E-state index contributed by atoms with van der Waals surface area (Å²) in [7, 11) is 0. The molecule has 0 N–H and O–H groups in total. The number of rotatable bonds is 2. The molecule has 1 atom stereocenters. The van der Waals surface area contributed by atoms with E-state index in [-0.39, 0.29) is 5.92 Å². The number of benzene rings is 1. The maximum atomic E-state index is 9.51. The fourth-order valence-electron chi connectivity index (χ4n) is 3.74. The summed E-state index contributed by atoms with van der Waals surface area (Å²) in [4.78, 5) is 4.85. The second-order valence-corrected chi connectivity index (χ2v) is 6.82. The minimum Gasteiger partial charge on any atom is -0.302 e. The van der Waals surface area contributed by atoms with Gasteiger partial charge < -0.3 is 4.40 Å². The highest BCUT2D eigenvalue weighted by Crippen LogP contribution is 2.33. The molecule has 0 fully saturated rings. The monoisotopic (exact) mass is 315 g/mol. The number of nitrogens with zero attached hydrogens (tertiary/aromatic N) is 3. The predicted octanol–water partition coefficient (Wildman–Crippen LogP) is 4.82. The van der Waals surface area contributed by atoms with Crippen LogP contribution in [-0.4, -0.2) is 9.38 Å². The Kier molecular flexibility index (Phi) is 3.61. The molecule has 0 saturated heterocycles. The van der Waals surface area contributed by atoms with Crippen molar-refractivity contribution < 1.29 is 0 Å². The highest BCUT2D eigenvalue weighted by atomic mass is 15.0. The number of aryl methyl sites for hydroxylation is 3. The first kappa shape index (κ1) is 15.0. The molecule has 4 rings (SSSR count). The maximum absolute atomic E-state index is 9.51. The third-order valence-corrected chi connectivity index (χ3v) is 5.03. The van der Waals surface area contributed by atoms with Gasteiger partial charge in [0, 0.05) is 11.8 Å². The van der Waals surface area contributed by atoms with Crippen molar-refractivity contribution in [3.05, 3.63) is 58.9 Å². The zero-order chi connectivity index (χ0) is 16.7. The zero-order valence-corrected chi connectivity index (χ0v) is 14.2. The molecule has 1 aromatic carbocycles. The van der Waals surface area contributed by atoms with E-state index in [0.29, 0.717) is 0 Å². The molecule has 120 valence electrons. The molecule has 0 radical (unpaired) electrons.